The van der Waals surface area contributed by atoms with Gasteiger partial charge in [-0.1, -0.05) is 0 Å². The standard InChI is InChI=1S/C12H10Si.C9H7.C9H13.2ClH.Zr/c1-3-7-11(8-4-1)13-12-9-5-2-6-10-12;1-2-5-9-7-3-6-8(9)4-1;1-6-5-7(2)9(4)8(6)3;;;/h1-10H;1-7H;5H,1-4H3;2*1H;/q;;;;;+2/p-2. The van der Waals surface area contributed by atoms with Gasteiger partial charge in [0.25, 0.3) is 0 Å². The average Bonchev–Trinajstić information content (AvgIpc) is 3.33. The Balaban J connectivity index is 0.00000162. The summed E-state index contributed by atoms with van der Waals surface area (Å²) >= 11 is -2.33. The first-order valence-electron chi connectivity index (χ1n) is 11.5. The number of benzene rings is 3. The fourth-order valence-electron chi connectivity index (χ4n) is 5.54. The van der Waals surface area contributed by atoms with Gasteiger partial charge >= 0.3 is 202 Å². The van der Waals surface area contributed by atoms with Crippen molar-refractivity contribution in [1.82, 2.24) is 0 Å². The molecule has 2 atom stereocenters. The van der Waals surface area contributed by atoms with Crippen LogP contribution in [0.2, 0.25) is 3.12 Å². The Morgan fingerprint density at radius 2 is 1.26 bits per heavy atom. The van der Waals surface area contributed by atoms with E-state index in [1.54, 1.807) is 21.5 Å². The summed E-state index contributed by atoms with van der Waals surface area (Å²) in [5.74, 6) is 0. The van der Waals surface area contributed by atoms with Crippen molar-refractivity contribution < 1.29 is 45.2 Å². The topological polar surface area (TPSA) is 0 Å². The molecule has 0 heterocycles. The Morgan fingerprint density at radius 1 is 0.735 bits per heavy atom. The Bertz CT molecular complexity index is 1260. The van der Waals surface area contributed by atoms with Gasteiger partial charge in [-0.3, -0.25) is 0 Å². The molecular weight excluding hydrogens is 551 g/mol. The zero-order valence-corrected chi connectivity index (χ0v) is 25.1. The predicted molar refractivity (Wildman–Crippen MR) is 137 cm³/mol. The third kappa shape index (κ3) is 4.68. The molecule has 0 N–H and O–H groups in total. The van der Waals surface area contributed by atoms with Crippen LogP contribution >= 0.6 is 0 Å². The molecule has 0 spiro atoms. The van der Waals surface area contributed by atoms with Gasteiger partial charge in [-0.2, -0.15) is 0 Å². The molecule has 2 unspecified atom stereocenters. The van der Waals surface area contributed by atoms with Gasteiger partial charge in [0.15, 0.2) is 0 Å². The fourth-order valence-corrected chi connectivity index (χ4v) is 30.6. The van der Waals surface area contributed by atoms with Crippen molar-refractivity contribution in [2.45, 2.75) is 34.4 Å². The van der Waals surface area contributed by atoms with E-state index < -0.39 is 25.8 Å². The molecule has 34 heavy (non-hydrogen) atoms. The van der Waals surface area contributed by atoms with E-state index in [2.05, 4.69) is 131 Å². The second-order valence-corrected chi connectivity index (χ2v) is 24.2. The van der Waals surface area contributed by atoms with E-state index >= 15 is 0 Å². The monoisotopic (exact) mass is 578 g/mol. The molecule has 2 aliphatic rings. The third-order valence-electron chi connectivity index (χ3n) is 7.50. The summed E-state index contributed by atoms with van der Waals surface area (Å²) in [5.41, 5.74) is 6.71. The second-order valence-electron chi connectivity index (χ2n) is 9.27. The smallest absolute Gasteiger partial charge is 1.00 e. The first-order valence-corrected chi connectivity index (χ1v) is 19.3. The van der Waals surface area contributed by atoms with Crippen LogP contribution in [-0.4, -0.2) is 5.43 Å². The van der Waals surface area contributed by atoms with Crippen LogP contribution in [0.25, 0.3) is 6.08 Å². The maximum atomic E-state index is 2.66. The van der Waals surface area contributed by atoms with Crippen LogP contribution in [0.3, 0.4) is 0 Å². The van der Waals surface area contributed by atoms with Crippen LogP contribution in [0.5, 0.6) is 0 Å². The van der Waals surface area contributed by atoms with Gasteiger partial charge in [0, 0.05) is 0 Å². The Kier molecular flexibility index (Phi) is 8.85. The molecule has 2 aliphatic carbocycles. The molecule has 0 saturated carbocycles. The number of allylic oxidation sites excluding steroid dienone is 5. The van der Waals surface area contributed by atoms with Crippen molar-refractivity contribution in [2.75, 3.05) is 0 Å². The molecule has 5 rings (SSSR count). The van der Waals surface area contributed by atoms with Crippen LogP contribution in [-0.2, 0) is 20.4 Å². The van der Waals surface area contributed by atoms with Crippen molar-refractivity contribution in [3.8, 4) is 0 Å². The minimum atomic E-state index is -2.33. The van der Waals surface area contributed by atoms with Crippen LogP contribution < -0.4 is 35.2 Å². The number of hydrogen-bond donors (Lipinski definition) is 0. The Labute approximate surface area is 224 Å². The molecule has 0 fully saturated rings. The summed E-state index contributed by atoms with van der Waals surface area (Å²) in [6.07, 6.45) is 7.64. The summed E-state index contributed by atoms with van der Waals surface area (Å²) < 4.78 is 0.806. The molecule has 0 nitrogen and oxygen atoms in total. The van der Waals surface area contributed by atoms with E-state index in [-0.39, 0.29) is 27.9 Å². The van der Waals surface area contributed by atoms with Crippen molar-refractivity contribution >= 4 is 21.9 Å². The second kappa shape index (κ2) is 11.1. The fraction of sp³-hybridized carbons (Fsp3) is 0.200. The normalized spacial score (nSPS) is 20.0. The van der Waals surface area contributed by atoms with Gasteiger partial charge < -0.3 is 24.8 Å². The third-order valence-corrected chi connectivity index (χ3v) is 29.8. The molecule has 0 saturated heterocycles. The number of halogens is 2. The minimum absolute atomic E-state index is 0. The van der Waals surface area contributed by atoms with E-state index in [0.717, 1.165) is 0 Å². The van der Waals surface area contributed by atoms with E-state index in [1.807, 2.05) is 0 Å². The molecule has 0 amide bonds. The van der Waals surface area contributed by atoms with Crippen LogP contribution in [0.1, 0.15) is 42.4 Å². The molecule has 3 aromatic rings. The Hall–Kier alpha value is -1.44. The summed E-state index contributed by atoms with van der Waals surface area (Å²) in [6.45, 7) is 9.66. The van der Waals surface area contributed by atoms with Gasteiger partial charge in [-0.25, -0.2) is 0 Å². The average molecular weight is 581 g/mol. The molecule has 0 aliphatic heterocycles. The first kappa shape index (κ1) is 27.2. The van der Waals surface area contributed by atoms with Crippen LogP contribution in [0.15, 0.2) is 114 Å². The number of hydrogen-bond acceptors (Lipinski definition) is 0. The van der Waals surface area contributed by atoms with E-state index in [1.165, 1.54) is 16.7 Å². The summed E-state index contributed by atoms with van der Waals surface area (Å²) in [4.78, 5) is 0. The molecule has 4 heteroatoms. The molecule has 0 radical (unpaired) electrons. The molecule has 172 valence electrons. The Morgan fingerprint density at radius 3 is 1.79 bits per heavy atom. The molecule has 0 bridgehead atoms. The first-order chi connectivity index (χ1) is 15.5. The summed E-state index contributed by atoms with van der Waals surface area (Å²) in [7, 11) is 0. The maximum Gasteiger partial charge on any atom is -1.00 e. The van der Waals surface area contributed by atoms with Crippen LogP contribution in [0.4, 0.5) is 0 Å². The quantitative estimate of drug-likeness (QED) is 0.398. The van der Waals surface area contributed by atoms with Gasteiger partial charge in [0.2, 0.25) is 0 Å². The van der Waals surface area contributed by atoms with Crippen molar-refractivity contribution in [1.29, 1.82) is 0 Å². The zero-order chi connectivity index (χ0) is 22.3. The number of rotatable bonds is 4. The number of fused-ring (bicyclic) bond motifs is 1. The van der Waals surface area contributed by atoms with E-state index in [0.29, 0.717) is 3.63 Å². The van der Waals surface area contributed by atoms with Crippen molar-refractivity contribution in [3.63, 3.8) is 0 Å². The summed E-state index contributed by atoms with van der Waals surface area (Å²) in [5, 5.41) is 3.17. The van der Waals surface area contributed by atoms with E-state index in [9.17, 15) is 0 Å². The zero-order valence-electron chi connectivity index (χ0n) is 20.1. The minimum Gasteiger partial charge on any atom is -1.00 e. The van der Waals surface area contributed by atoms with Gasteiger partial charge in [-0.05, 0) is 0 Å². The van der Waals surface area contributed by atoms with Crippen molar-refractivity contribution in [3.05, 3.63) is 125 Å². The summed E-state index contributed by atoms with van der Waals surface area (Å²) in [6, 6.07) is 32.1. The van der Waals surface area contributed by atoms with Crippen molar-refractivity contribution in [2.24, 2.45) is 0 Å². The molecule has 3 aromatic carbocycles. The SMILES string of the molecule is CC1=C[C](C)([Zr+2]([CH]2C=Cc3ccccc32)=[Si](c2ccccc2)c2ccccc2)C(C)=C1C.[Cl-].[Cl-]. The van der Waals surface area contributed by atoms with Gasteiger partial charge in [-0.15, -0.1) is 0 Å². The predicted octanol–water partition coefficient (Wildman–Crippen LogP) is 0.662. The maximum absolute atomic E-state index is 2.66. The van der Waals surface area contributed by atoms with E-state index in [4.69, 9.17) is 0 Å². The molecule has 0 aromatic heterocycles. The van der Waals surface area contributed by atoms with Gasteiger partial charge in [0.1, 0.15) is 0 Å². The largest absolute Gasteiger partial charge is 1.00 e. The van der Waals surface area contributed by atoms with Gasteiger partial charge in [0.05, 0.1) is 0 Å². The van der Waals surface area contributed by atoms with Crippen LogP contribution in [0, 0.1) is 0 Å². The molecular formula is C30H30Cl2SiZr.